The van der Waals surface area contributed by atoms with Crippen LogP contribution in [0.4, 0.5) is 30.8 Å². The zero-order chi connectivity index (χ0) is 31.9. The molecule has 2 aromatic carbocycles. The Balaban J connectivity index is 1.16. The lowest BCUT2D eigenvalue weighted by Crippen LogP contribution is -2.46. The molecule has 1 unspecified atom stereocenters. The number of nitrogens with zero attached hydrogens (tertiary/aromatic N) is 4. The number of aliphatic hydroxyl groups is 1. The summed E-state index contributed by atoms with van der Waals surface area (Å²) >= 11 is 6.02. The van der Waals surface area contributed by atoms with Crippen molar-refractivity contribution in [1.29, 1.82) is 0 Å². The van der Waals surface area contributed by atoms with Gasteiger partial charge in [-0.1, -0.05) is 35.9 Å². The van der Waals surface area contributed by atoms with Gasteiger partial charge in [0, 0.05) is 17.3 Å². The Morgan fingerprint density at radius 1 is 0.978 bits per heavy atom. The second-order valence-electron chi connectivity index (χ2n) is 11.5. The number of aromatic nitrogens is 3. The molecule has 16 heteroatoms. The molecule has 11 nitrogen and oxygen atoms in total. The van der Waals surface area contributed by atoms with Gasteiger partial charge in [0.1, 0.15) is 6.23 Å². The number of hydrogen-bond donors (Lipinski definition) is 4. The van der Waals surface area contributed by atoms with E-state index in [1.54, 1.807) is 24.3 Å². The number of halogens is 4. The fourth-order valence-corrected chi connectivity index (χ4v) is 6.52. The number of benzene rings is 2. The molecule has 3 aromatic rings. The molecule has 2 heterocycles. The Bertz CT molecular complexity index is 1660. The lowest BCUT2D eigenvalue weighted by atomic mass is 10.0. The molecule has 2 aliphatic carbocycles. The molecule has 0 bridgehead atoms. The molecule has 1 saturated heterocycles. The van der Waals surface area contributed by atoms with Gasteiger partial charge in [0.25, 0.3) is 0 Å². The fraction of sp³-hybridized carbons (Fsp3) is 0.414. The van der Waals surface area contributed by atoms with Gasteiger partial charge < -0.3 is 25.4 Å². The quantitative estimate of drug-likeness (QED) is 0.152. The van der Waals surface area contributed by atoms with Gasteiger partial charge in [0.05, 0.1) is 15.8 Å². The Morgan fingerprint density at radius 2 is 1.62 bits per heavy atom. The summed E-state index contributed by atoms with van der Waals surface area (Å²) in [4.78, 5) is 14.4. The Hall–Kier alpha value is -3.50. The third-order valence-electron chi connectivity index (χ3n) is 7.97. The highest BCUT2D eigenvalue weighted by Crippen LogP contribution is 2.48. The number of aliphatic hydroxyl groups excluding tert-OH is 1. The third kappa shape index (κ3) is 7.66. The van der Waals surface area contributed by atoms with Crippen LogP contribution in [0.2, 0.25) is 5.02 Å². The summed E-state index contributed by atoms with van der Waals surface area (Å²) in [5.74, 6) is -0.129. The average Bonchev–Trinajstić information content (AvgIpc) is 3.89. The van der Waals surface area contributed by atoms with Crippen molar-refractivity contribution in [2.45, 2.75) is 48.5 Å². The number of alkyl halides is 3. The Morgan fingerprint density at radius 3 is 2.22 bits per heavy atom. The molecule has 1 aromatic heterocycles. The number of sulfonamides is 1. The molecule has 1 atom stereocenters. The van der Waals surface area contributed by atoms with Gasteiger partial charge in [-0.25, -0.2) is 8.42 Å². The van der Waals surface area contributed by atoms with Crippen LogP contribution in [0.1, 0.15) is 31.2 Å². The SMILES string of the molecule is O=S(=O)(NC(O)C1(CN2CCCC2)C=C1)c1ccc(Nc2nc(NC3(c4ccc(Cl)cc4)CC3)nc(OCC(F)(F)F)n2)cc1. The molecule has 0 spiro atoms. The van der Waals surface area contributed by atoms with Crippen molar-refractivity contribution in [2.75, 3.05) is 36.9 Å². The van der Waals surface area contributed by atoms with E-state index in [1.807, 2.05) is 12.1 Å². The summed E-state index contributed by atoms with van der Waals surface area (Å²) in [7, 11) is -4.08. The van der Waals surface area contributed by atoms with Crippen molar-refractivity contribution >= 4 is 39.2 Å². The number of rotatable bonds is 13. The molecule has 6 rings (SSSR count). The monoisotopic (exact) mass is 665 g/mol. The molecule has 45 heavy (non-hydrogen) atoms. The molecule has 3 aliphatic rings. The molecule has 0 radical (unpaired) electrons. The summed E-state index contributed by atoms with van der Waals surface area (Å²) in [5, 5.41) is 17.4. The van der Waals surface area contributed by atoms with E-state index in [4.69, 9.17) is 16.3 Å². The molecular weight excluding hydrogens is 635 g/mol. The number of likely N-dealkylation sites (tertiary alicyclic amines) is 1. The standard InChI is InChI=1S/C29H31ClF3N7O4S/c30-20-5-3-19(4-6-20)28(13-14-28)38-25-35-24(36-26(37-25)44-18-29(31,32)33)34-21-7-9-22(10-8-21)45(42,43)39-23(41)27(11-12-27)17-40-15-1-2-16-40/h3-12,23,39,41H,1-2,13-18H2,(H2,34,35,36,37,38). The van der Waals surface area contributed by atoms with E-state index in [0.29, 0.717) is 17.3 Å². The molecule has 240 valence electrons. The zero-order valence-electron chi connectivity index (χ0n) is 23.9. The van der Waals surface area contributed by atoms with Gasteiger partial charge >= 0.3 is 12.2 Å². The van der Waals surface area contributed by atoms with Crippen LogP contribution < -0.4 is 20.1 Å². The number of ether oxygens (including phenoxy) is 1. The molecule has 2 fully saturated rings. The van der Waals surface area contributed by atoms with E-state index >= 15 is 0 Å². The van der Waals surface area contributed by atoms with Crippen LogP contribution in [-0.4, -0.2) is 72.0 Å². The second-order valence-corrected chi connectivity index (χ2v) is 13.6. The topological polar surface area (TPSA) is 142 Å². The van der Waals surface area contributed by atoms with Crippen LogP contribution >= 0.6 is 11.6 Å². The zero-order valence-corrected chi connectivity index (χ0v) is 25.5. The predicted octanol–water partition coefficient (Wildman–Crippen LogP) is 4.56. The minimum Gasteiger partial charge on any atom is -0.454 e. The minimum atomic E-state index is -4.61. The average molecular weight is 666 g/mol. The van der Waals surface area contributed by atoms with Gasteiger partial charge in [-0.2, -0.15) is 32.8 Å². The van der Waals surface area contributed by atoms with E-state index in [2.05, 4.69) is 35.2 Å². The van der Waals surface area contributed by atoms with E-state index < -0.39 is 46.0 Å². The Kier molecular flexibility index (Phi) is 8.41. The van der Waals surface area contributed by atoms with Crippen molar-refractivity contribution < 1.29 is 31.4 Å². The summed E-state index contributed by atoms with van der Waals surface area (Å²) in [6, 6.07) is 12.2. The third-order valence-corrected chi connectivity index (χ3v) is 9.64. The van der Waals surface area contributed by atoms with Crippen LogP contribution in [0.25, 0.3) is 0 Å². The van der Waals surface area contributed by atoms with Gasteiger partial charge in [0.2, 0.25) is 21.9 Å². The summed E-state index contributed by atoms with van der Waals surface area (Å²) in [6.45, 7) is 0.765. The highest BCUT2D eigenvalue weighted by Gasteiger charge is 2.46. The highest BCUT2D eigenvalue weighted by atomic mass is 35.5. The van der Waals surface area contributed by atoms with Crippen LogP contribution in [-0.2, 0) is 15.6 Å². The minimum absolute atomic E-state index is 0.00828. The summed E-state index contributed by atoms with van der Waals surface area (Å²) < 4.78 is 71.9. The maximum atomic E-state index is 13.1. The van der Waals surface area contributed by atoms with Crippen molar-refractivity contribution in [3.8, 4) is 6.01 Å². The first kappa shape index (κ1) is 31.5. The summed E-state index contributed by atoms with van der Waals surface area (Å²) in [6.07, 6.45) is 1.29. The van der Waals surface area contributed by atoms with Gasteiger partial charge in [-0.3, -0.25) is 0 Å². The van der Waals surface area contributed by atoms with Crippen LogP contribution in [0, 0.1) is 5.41 Å². The molecule has 0 amide bonds. The summed E-state index contributed by atoms with van der Waals surface area (Å²) in [5.41, 5.74) is -0.000624. The lowest BCUT2D eigenvalue weighted by Gasteiger charge is -2.28. The highest BCUT2D eigenvalue weighted by molar-refractivity contribution is 7.89. The molecule has 4 N–H and O–H groups in total. The van der Waals surface area contributed by atoms with Crippen molar-refractivity contribution in [3.05, 3.63) is 71.3 Å². The Labute approximate surface area is 262 Å². The van der Waals surface area contributed by atoms with E-state index in [0.717, 1.165) is 44.3 Å². The van der Waals surface area contributed by atoms with Gasteiger partial charge in [-0.05, 0) is 80.7 Å². The van der Waals surface area contributed by atoms with E-state index in [1.165, 1.54) is 24.3 Å². The maximum absolute atomic E-state index is 13.1. The van der Waals surface area contributed by atoms with Crippen LogP contribution in [0.5, 0.6) is 6.01 Å². The van der Waals surface area contributed by atoms with Gasteiger partial charge in [0.15, 0.2) is 6.61 Å². The normalized spacial score (nSPS) is 19.2. The van der Waals surface area contributed by atoms with E-state index in [-0.39, 0.29) is 16.8 Å². The number of anilines is 3. The molecule has 1 saturated carbocycles. The largest absolute Gasteiger partial charge is 0.454 e. The fourth-order valence-electron chi connectivity index (χ4n) is 5.25. The first-order chi connectivity index (χ1) is 21.3. The molecule has 1 aliphatic heterocycles. The van der Waals surface area contributed by atoms with Gasteiger partial charge in [-0.15, -0.1) is 0 Å². The first-order valence-electron chi connectivity index (χ1n) is 14.3. The number of nitrogens with one attached hydrogen (secondary N) is 3. The van der Waals surface area contributed by atoms with Crippen molar-refractivity contribution in [2.24, 2.45) is 5.41 Å². The smallest absolute Gasteiger partial charge is 0.422 e. The van der Waals surface area contributed by atoms with Crippen LogP contribution in [0.3, 0.4) is 0 Å². The maximum Gasteiger partial charge on any atom is 0.422 e. The van der Waals surface area contributed by atoms with Crippen molar-refractivity contribution in [3.63, 3.8) is 0 Å². The predicted molar refractivity (Wildman–Crippen MR) is 161 cm³/mol. The molecular formula is C29H31ClF3N7O4S. The number of hydrogen-bond acceptors (Lipinski definition) is 10. The van der Waals surface area contributed by atoms with Crippen LogP contribution in [0.15, 0.2) is 65.6 Å². The van der Waals surface area contributed by atoms with E-state index in [9.17, 15) is 26.7 Å². The second kappa shape index (κ2) is 12.0. The van der Waals surface area contributed by atoms with Crippen molar-refractivity contribution in [1.82, 2.24) is 24.6 Å². The lowest BCUT2D eigenvalue weighted by molar-refractivity contribution is -0.154. The first-order valence-corrected chi connectivity index (χ1v) is 16.2.